The molecule has 0 unspecified atom stereocenters. The molecule has 0 bridgehead atoms. The average molecular weight is 227 g/mol. The van der Waals surface area contributed by atoms with Crippen LogP contribution in [0, 0.1) is 17.1 Å². The Morgan fingerprint density at radius 1 is 1.67 bits per heavy atom. The molecule has 0 saturated heterocycles. The Balaban J connectivity index is 2.90. The Bertz CT molecular complexity index is 417. The molecule has 0 saturated carbocycles. The van der Waals surface area contributed by atoms with E-state index in [-0.39, 0.29) is 5.91 Å². The highest BCUT2D eigenvalue weighted by atomic mass is 32.1. The second-order valence-electron chi connectivity index (χ2n) is 4.33. The van der Waals surface area contributed by atoms with E-state index < -0.39 is 5.41 Å². The molecule has 1 heterocycles. The first-order valence-electron chi connectivity index (χ1n) is 4.85. The number of hydrogen-bond acceptors (Lipinski definition) is 2. The number of rotatable bonds is 3. The van der Waals surface area contributed by atoms with Gasteiger partial charge in [0, 0.05) is 25.5 Å². The summed E-state index contributed by atoms with van der Waals surface area (Å²) < 4.78 is 2.55. The van der Waals surface area contributed by atoms with Gasteiger partial charge in [0.25, 0.3) is 0 Å². The number of H-pyrrole nitrogens is 1. The van der Waals surface area contributed by atoms with Crippen LogP contribution in [-0.4, -0.2) is 22.5 Å². The third kappa shape index (κ3) is 2.68. The van der Waals surface area contributed by atoms with Crippen LogP contribution in [-0.2, 0) is 11.3 Å². The van der Waals surface area contributed by atoms with Crippen LogP contribution in [0.15, 0.2) is 6.20 Å². The quantitative estimate of drug-likeness (QED) is 0.771. The number of carbonyl (C=O) groups excluding carboxylic acids is 1. The van der Waals surface area contributed by atoms with Crippen LogP contribution < -0.4 is 5.32 Å². The number of nitrogens with zero attached hydrogens (tertiary/aromatic N) is 1. The summed E-state index contributed by atoms with van der Waals surface area (Å²) in [5.41, 5.74) is 0.550. The second kappa shape index (κ2) is 4.18. The Kier molecular flexibility index (Phi) is 3.34. The Labute approximate surface area is 94.7 Å². The molecular formula is C10H17N3OS. The number of carbonyl (C=O) groups is 1. The summed E-state index contributed by atoms with van der Waals surface area (Å²) in [6.07, 6.45) is 1.92. The molecule has 5 heteroatoms. The minimum Gasteiger partial charge on any atom is -0.359 e. The molecule has 1 rings (SSSR count). The van der Waals surface area contributed by atoms with E-state index in [2.05, 4.69) is 10.3 Å². The number of amides is 1. The average Bonchev–Trinajstić information content (AvgIpc) is 2.43. The van der Waals surface area contributed by atoms with Gasteiger partial charge in [-0.3, -0.25) is 4.79 Å². The van der Waals surface area contributed by atoms with Crippen LogP contribution in [0.1, 0.15) is 19.5 Å². The SMILES string of the molecule is CNC(=O)C(C)(C)Cn1cc(C)[nH]c1=S. The molecule has 1 aromatic rings. The van der Waals surface area contributed by atoms with Crippen molar-refractivity contribution in [3.8, 4) is 0 Å². The van der Waals surface area contributed by atoms with E-state index in [9.17, 15) is 4.79 Å². The molecule has 0 aliphatic carbocycles. The summed E-state index contributed by atoms with van der Waals surface area (Å²) in [5, 5.41) is 2.66. The highest BCUT2D eigenvalue weighted by Gasteiger charge is 2.27. The monoisotopic (exact) mass is 227 g/mol. The van der Waals surface area contributed by atoms with Gasteiger partial charge >= 0.3 is 0 Å². The topological polar surface area (TPSA) is 49.8 Å². The molecule has 0 atom stereocenters. The van der Waals surface area contributed by atoms with Crippen LogP contribution >= 0.6 is 12.2 Å². The standard InChI is InChI=1S/C10H17N3OS/c1-7-5-13(9(15)12-7)6-10(2,3)8(14)11-4/h5H,6H2,1-4H3,(H,11,14)(H,12,15). The number of aryl methyl sites for hydroxylation is 1. The molecule has 0 aliphatic heterocycles. The fourth-order valence-corrected chi connectivity index (χ4v) is 1.80. The van der Waals surface area contributed by atoms with Crippen LogP contribution in [0.4, 0.5) is 0 Å². The van der Waals surface area contributed by atoms with Gasteiger partial charge in [0.2, 0.25) is 5.91 Å². The molecule has 84 valence electrons. The number of imidazole rings is 1. The highest BCUT2D eigenvalue weighted by molar-refractivity contribution is 7.71. The molecule has 1 aromatic heterocycles. The zero-order chi connectivity index (χ0) is 11.6. The van der Waals surface area contributed by atoms with Crippen molar-refractivity contribution in [2.45, 2.75) is 27.3 Å². The van der Waals surface area contributed by atoms with Gasteiger partial charge < -0.3 is 14.9 Å². The van der Waals surface area contributed by atoms with E-state index in [1.807, 2.05) is 31.5 Å². The van der Waals surface area contributed by atoms with Crippen LogP contribution in [0.5, 0.6) is 0 Å². The normalized spacial score (nSPS) is 11.5. The van der Waals surface area contributed by atoms with E-state index in [4.69, 9.17) is 12.2 Å². The lowest BCUT2D eigenvalue weighted by molar-refractivity contribution is -0.129. The molecule has 1 amide bonds. The van der Waals surface area contributed by atoms with Gasteiger partial charge in [-0.25, -0.2) is 0 Å². The highest BCUT2D eigenvalue weighted by Crippen LogP contribution is 2.18. The third-order valence-corrected chi connectivity index (χ3v) is 2.66. The molecule has 0 fully saturated rings. The molecule has 0 radical (unpaired) electrons. The van der Waals surface area contributed by atoms with E-state index in [0.29, 0.717) is 11.3 Å². The first kappa shape index (κ1) is 12.0. The molecule has 0 aromatic carbocycles. The van der Waals surface area contributed by atoms with Crippen LogP contribution in [0.25, 0.3) is 0 Å². The zero-order valence-corrected chi connectivity index (χ0v) is 10.4. The Morgan fingerprint density at radius 3 is 2.67 bits per heavy atom. The number of nitrogens with one attached hydrogen (secondary N) is 2. The van der Waals surface area contributed by atoms with Crippen LogP contribution in [0.3, 0.4) is 0 Å². The maximum Gasteiger partial charge on any atom is 0.227 e. The van der Waals surface area contributed by atoms with Crippen molar-refractivity contribution in [2.24, 2.45) is 5.41 Å². The molecule has 4 nitrogen and oxygen atoms in total. The van der Waals surface area contributed by atoms with Gasteiger partial charge in [-0.15, -0.1) is 0 Å². The first-order valence-corrected chi connectivity index (χ1v) is 5.26. The third-order valence-electron chi connectivity index (χ3n) is 2.32. The van der Waals surface area contributed by atoms with Crippen molar-refractivity contribution in [3.05, 3.63) is 16.7 Å². The minimum atomic E-state index is -0.457. The molecule has 2 N–H and O–H groups in total. The number of hydrogen-bond donors (Lipinski definition) is 2. The van der Waals surface area contributed by atoms with E-state index in [1.165, 1.54) is 0 Å². The van der Waals surface area contributed by atoms with Crippen molar-refractivity contribution >= 4 is 18.1 Å². The fourth-order valence-electron chi connectivity index (χ4n) is 1.52. The van der Waals surface area contributed by atoms with Crippen molar-refractivity contribution in [1.82, 2.24) is 14.9 Å². The van der Waals surface area contributed by atoms with E-state index in [1.54, 1.807) is 7.05 Å². The van der Waals surface area contributed by atoms with Gasteiger partial charge in [-0.05, 0) is 33.0 Å². The number of aromatic amines is 1. The largest absolute Gasteiger partial charge is 0.359 e. The Hall–Kier alpha value is -1.10. The predicted octanol–water partition coefficient (Wildman–Crippen LogP) is 1.63. The molecule has 0 aliphatic rings. The summed E-state index contributed by atoms with van der Waals surface area (Å²) in [6, 6.07) is 0. The van der Waals surface area contributed by atoms with Gasteiger partial charge in [0.05, 0.1) is 5.41 Å². The lowest BCUT2D eigenvalue weighted by Crippen LogP contribution is -2.37. The minimum absolute atomic E-state index is 0.0169. The molecule has 15 heavy (non-hydrogen) atoms. The van der Waals surface area contributed by atoms with Gasteiger partial charge in [-0.1, -0.05) is 0 Å². The maximum atomic E-state index is 11.6. The Morgan fingerprint density at radius 2 is 2.27 bits per heavy atom. The van der Waals surface area contributed by atoms with Crippen molar-refractivity contribution in [1.29, 1.82) is 0 Å². The summed E-state index contributed by atoms with van der Waals surface area (Å²) >= 11 is 5.14. The summed E-state index contributed by atoms with van der Waals surface area (Å²) in [4.78, 5) is 14.6. The summed E-state index contributed by atoms with van der Waals surface area (Å²) in [6.45, 7) is 6.32. The van der Waals surface area contributed by atoms with Crippen LogP contribution in [0.2, 0.25) is 0 Å². The van der Waals surface area contributed by atoms with Crippen molar-refractivity contribution in [2.75, 3.05) is 7.05 Å². The molecular weight excluding hydrogens is 210 g/mol. The predicted molar refractivity (Wildman–Crippen MR) is 62.2 cm³/mol. The van der Waals surface area contributed by atoms with E-state index in [0.717, 1.165) is 5.69 Å². The van der Waals surface area contributed by atoms with Crippen molar-refractivity contribution in [3.63, 3.8) is 0 Å². The smallest absolute Gasteiger partial charge is 0.227 e. The van der Waals surface area contributed by atoms with Crippen molar-refractivity contribution < 1.29 is 4.79 Å². The lowest BCUT2D eigenvalue weighted by Gasteiger charge is -2.22. The zero-order valence-electron chi connectivity index (χ0n) is 9.55. The van der Waals surface area contributed by atoms with Gasteiger partial charge in [0.1, 0.15) is 0 Å². The van der Waals surface area contributed by atoms with E-state index >= 15 is 0 Å². The summed E-state index contributed by atoms with van der Waals surface area (Å²) in [5.74, 6) is 0.0169. The molecule has 0 spiro atoms. The lowest BCUT2D eigenvalue weighted by atomic mass is 9.92. The number of aromatic nitrogens is 2. The fraction of sp³-hybridized carbons (Fsp3) is 0.600. The summed E-state index contributed by atoms with van der Waals surface area (Å²) in [7, 11) is 1.64. The second-order valence-corrected chi connectivity index (χ2v) is 4.72. The van der Waals surface area contributed by atoms with Gasteiger partial charge in [-0.2, -0.15) is 0 Å². The first-order chi connectivity index (χ1) is 6.86. The van der Waals surface area contributed by atoms with Gasteiger partial charge in [0.15, 0.2) is 4.77 Å². The maximum absolute atomic E-state index is 11.6.